The summed E-state index contributed by atoms with van der Waals surface area (Å²) in [6.45, 7) is 11.7. The number of hydrogen-bond acceptors (Lipinski definition) is 7. The van der Waals surface area contributed by atoms with Crippen molar-refractivity contribution in [2.45, 2.75) is 97.0 Å². The largest absolute Gasteiger partial charge is 0.469 e. The predicted molar refractivity (Wildman–Crippen MR) is 108 cm³/mol. The van der Waals surface area contributed by atoms with Crippen LogP contribution in [0.25, 0.3) is 0 Å². The monoisotopic (exact) mass is 403 g/mol. The van der Waals surface area contributed by atoms with E-state index in [1.807, 2.05) is 20.8 Å². The van der Waals surface area contributed by atoms with E-state index in [0.717, 1.165) is 12.8 Å². The highest BCUT2D eigenvalue weighted by Gasteiger charge is 2.46. The van der Waals surface area contributed by atoms with Gasteiger partial charge in [-0.2, -0.15) is 0 Å². The fourth-order valence-corrected chi connectivity index (χ4v) is 4.33. The first-order chi connectivity index (χ1) is 12.9. The minimum atomic E-state index is -0.771. The average Bonchev–Trinajstić information content (AvgIpc) is 2.61. The summed E-state index contributed by atoms with van der Waals surface area (Å²) in [5, 5.41) is 10.4. The molecule has 0 radical (unpaired) electrons. The Morgan fingerprint density at radius 1 is 1.25 bits per heavy atom. The first-order valence-electron chi connectivity index (χ1n) is 10.3. The van der Waals surface area contributed by atoms with E-state index in [-0.39, 0.29) is 24.0 Å². The van der Waals surface area contributed by atoms with Crippen LogP contribution in [0.4, 0.5) is 0 Å². The van der Waals surface area contributed by atoms with Gasteiger partial charge in [-0.05, 0) is 52.4 Å². The molecule has 1 rings (SSSR count). The van der Waals surface area contributed by atoms with Crippen LogP contribution in [0.5, 0.6) is 0 Å². The highest BCUT2D eigenvalue weighted by Crippen LogP contribution is 2.35. The van der Waals surface area contributed by atoms with Gasteiger partial charge in [0.15, 0.2) is 6.29 Å². The van der Waals surface area contributed by atoms with Crippen molar-refractivity contribution in [1.82, 2.24) is 0 Å². The third kappa shape index (κ3) is 6.66. The fraction of sp³-hybridized carbons (Fsp3) is 0.952. The Morgan fingerprint density at radius 3 is 2.36 bits per heavy atom. The standard InChI is InChI=1S/C21H41NO6/c1-12(10-14(3)22)9-13(2)18(15(4)20(24)25-7)28-17-11-21(6,26-8)19(23)16(5)27-17/h12-19,23H,9-11,22H2,1-8H3/t12-,13-,14-,15-,16?,17?,18+,19?,21?/m1/s1. The molecule has 1 aliphatic rings. The number of aliphatic hydroxyl groups is 1. The number of nitrogens with two attached hydrogens (primary N) is 1. The van der Waals surface area contributed by atoms with E-state index < -0.39 is 30.0 Å². The molecule has 0 aliphatic carbocycles. The first kappa shape index (κ1) is 25.3. The molecule has 9 atom stereocenters. The van der Waals surface area contributed by atoms with Gasteiger partial charge in [0.05, 0.1) is 30.8 Å². The van der Waals surface area contributed by atoms with E-state index in [1.54, 1.807) is 14.0 Å². The molecule has 1 heterocycles. The normalized spacial score (nSPS) is 33.6. The van der Waals surface area contributed by atoms with Crippen LogP contribution < -0.4 is 5.73 Å². The lowest BCUT2D eigenvalue weighted by Gasteiger charge is -2.45. The van der Waals surface area contributed by atoms with Crippen molar-refractivity contribution < 1.29 is 28.8 Å². The number of ether oxygens (including phenoxy) is 4. The minimum absolute atomic E-state index is 0.0995. The fourth-order valence-electron chi connectivity index (χ4n) is 4.33. The Balaban J connectivity index is 2.95. The summed E-state index contributed by atoms with van der Waals surface area (Å²) in [7, 11) is 2.96. The summed E-state index contributed by atoms with van der Waals surface area (Å²) in [6, 6.07) is 0.131. The Hall–Kier alpha value is -0.730. The molecule has 4 unspecified atom stereocenters. The lowest BCUT2D eigenvalue weighted by Crippen LogP contribution is -2.57. The zero-order chi connectivity index (χ0) is 21.6. The molecule has 0 bridgehead atoms. The maximum absolute atomic E-state index is 12.2. The molecular formula is C21H41NO6. The molecule has 166 valence electrons. The number of esters is 1. The quantitative estimate of drug-likeness (QED) is 0.541. The second-order valence-electron chi connectivity index (χ2n) is 8.88. The van der Waals surface area contributed by atoms with Crippen molar-refractivity contribution in [2.75, 3.05) is 14.2 Å². The maximum Gasteiger partial charge on any atom is 0.311 e. The minimum Gasteiger partial charge on any atom is -0.469 e. The van der Waals surface area contributed by atoms with Crippen LogP contribution in [0.3, 0.4) is 0 Å². The van der Waals surface area contributed by atoms with E-state index in [2.05, 4.69) is 13.8 Å². The SMILES string of the molecule is COC(=O)[C@H](C)[C@@H](OC1CC(C)(OC)C(O)C(C)O1)[C@H](C)C[C@@H](C)C[C@@H](C)N. The maximum atomic E-state index is 12.2. The van der Waals surface area contributed by atoms with E-state index in [1.165, 1.54) is 7.11 Å². The molecule has 1 aliphatic heterocycles. The Bertz CT molecular complexity index is 488. The smallest absolute Gasteiger partial charge is 0.311 e. The second-order valence-corrected chi connectivity index (χ2v) is 8.88. The van der Waals surface area contributed by atoms with Gasteiger partial charge in [-0.15, -0.1) is 0 Å². The molecular weight excluding hydrogens is 362 g/mol. The van der Waals surface area contributed by atoms with Crippen molar-refractivity contribution in [3.8, 4) is 0 Å². The molecule has 0 saturated carbocycles. The van der Waals surface area contributed by atoms with E-state index in [0.29, 0.717) is 12.3 Å². The van der Waals surface area contributed by atoms with Crippen LogP contribution in [0, 0.1) is 17.8 Å². The zero-order valence-electron chi connectivity index (χ0n) is 18.8. The van der Waals surface area contributed by atoms with Gasteiger partial charge in [-0.25, -0.2) is 0 Å². The highest BCUT2D eigenvalue weighted by molar-refractivity contribution is 5.72. The second kappa shape index (κ2) is 10.9. The molecule has 28 heavy (non-hydrogen) atoms. The van der Waals surface area contributed by atoms with Gasteiger partial charge in [0.2, 0.25) is 0 Å². The molecule has 7 nitrogen and oxygen atoms in total. The first-order valence-corrected chi connectivity index (χ1v) is 10.3. The molecule has 1 saturated heterocycles. The van der Waals surface area contributed by atoms with E-state index in [4.69, 9.17) is 24.7 Å². The van der Waals surface area contributed by atoms with Gasteiger partial charge in [0.25, 0.3) is 0 Å². The Kier molecular flexibility index (Phi) is 9.83. The van der Waals surface area contributed by atoms with Crippen molar-refractivity contribution in [1.29, 1.82) is 0 Å². The molecule has 7 heteroatoms. The lowest BCUT2D eigenvalue weighted by molar-refractivity contribution is -0.295. The zero-order valence-corrected chi connectivity index (χ0v) is 18.8. The molecule has 0 amide bonds. The number of aliphatic hydroxyl groups excluding tert-OH is 1. The lowest BCUT2D eigenvalue weighted by atomic mass is 9.84. The van der Waals surface area contributed by atoms with Crippen molar-refractivity contribution in [3.63, 3.8) is 0 Å². The summed E-state index contributed by atoms with van der Waals surface area (Å²) in [5.41, 5.74) is 5.16. The summed E-state index contributed by atoms with van der Waals surface area (Å²) in [5.74, 6) is -0.247. The van der Waals surface area contributed by atoms with Gasteiger partial charge in [-0.3, -0.25) is 4.79 Å². The van der Waals surface area contributed by atoms with Crippen LogP contribution in [0.2, 0.25) is 0 Å². The summed E-state index contributed by atoms with van der Waals surface area (Å²) >= 11 is 0. The van der Waals surface area contributed by atoms with Crippen LogP contribution >= 0.6 is 0 Å². The number of hydrogen-bond donors (Lipinski definition) is 2. The molecule has 1 fully saturated rings. The molecule has 3 N–H and O–H groups in total. The van der Waals surface area contributed by atoms with Crippen LogP contribution in [-0.4, -0.2) is 61.5 Å². The molecule has 0 aromatic carbocycles. The third-order valence-electron chi connectivity index (χ3n) is 5.96. The van der Waals surface area contributed by atoms with Gasteiger partial charge >= 0.3 is 5.97 Å². The Labute approximate surface area is 170 Å². The van der Waals surface area contributed by atoms with Crippen LogP contribution in [0.15, 0.2) is 0 Å². The number of carbonyl (C=O) groups excluding carboxylic acids is 1. The summed E-state index contributed by atoms with van der Waals surface area (Å²) in [6.07, 6.45) is 0.0152. The van der Waals surface area contributed by atoms with Crippen LogP contribution in [-0.2, 0) is 23.7 Å². The van der Waals surface area contributed by atoms with Crippen molar-refractivity contribution in [3.05, 3.63) is 0 Å². The van der Waals surface area contributed by atoms with Gasteiger partial charge in [-0.1, -0.05) is 13.8 Å². The van der Waals surface area contributed by atoms with Gasteiger partial charge < -0.3 is 29.8 Å². The third-order valence-corrected chi connectivity index (χ3v) is 5.96. The van der Waals surface area contributed by atoms with E-state index >= 15 is 0 Å². The molecule has 0 spiro atoms. The number of carbonyl (C=O) groups is 1. The molecule has 0 aromatic heterocycles. The summed E-state index contributed by atoms with van der Waals surface area (Å²) < 4.78 is 22.7. The summed E-state index contributed by atoms with van der Waals surface area (Å²) in [4.78, 5) is 12.2. The van der Waals surface area contributed by atoms with Crippen molar-refractivity contribution >= 4 is 5.97 Å². The van der Waals surface area contributed by atoms with Crippen LogP contribution in [0.1, 0.15) is 60.8 Å². The molecule has 0 aromatic rings. The van der Waals surface area contributed by atoms with Gasteiger partial charge in [0, 0.05) is 19.6 Å². The highest BCUT2D eigenvalue weighted by atomic mass is 16.7. The van der Waals surface area contributed by atoms with E-state index in [9.17, 15) is 9.90 Å². The predicted octanol–water partition coefficient (Wildman–Crippen LogP) is 2.48. The Morgan fingerprint density at radius 2 is 1.86 bits per heavy atom. The van der Waals surface area contributed by atoms with Gasteiger partial charge in [0.1, 0.15) is 6.10 Å². The number of methoxy groups -OCH3 is 2. The number of rotatable bonds is 10. The average molecular weight is 404 g/mol. The topological polar surface area (TPSA) is 100 Å². The van der Waals surface area contributed by atoms with Crippen molar-refractivity contribution in [2.24, 2.45) is 23.5 Å².